The highest BCUT2D eigenvalue weighted by Gasteiger charge is 2.33. The maximum Gasteiger partial charge on any atom is 0.240 e. The summed E-state index contributed by atoms with van der Waals surface area (Å²) in [5.41, 5.74) is 5.29. The van der Waals surface area contributed by atoms with Gasteiger partial charge >= 0.3 is 0 Å². The first-order valence-electron chi connectivity index (χ1n) is 5.98. The molecule has 16 heavy (non-hydrogen) atoms. The molecule has 2 atom stereocenters. The largest absolute Gasteiger partial charge is 0.368 e. The standard InChI is InChI=1S/C11H19N3O2/c12-11(16)9-2-1-5-14(9)10(15)6-8-3-4-13-7-8/h8-9,13H,1-7H2,(H2,12,16). The molecule has 2 saturated heterocycles. The third-order valence-corrected chi connectivity index (χ3v) is 3.53. The number of carbonyl (C=O) groups excluding carboxylic acids is 2. The van der Waals surface area contributed by atoms with Crippen molar-refractivity contribution in [2.45, 2.75) is 31.7 Å². The lowest BCUT2D eigenvalue weighted by atomic mass is 10.0. The van der Waals surface area contributed by atoms with Gasteiger partial charge in [0.15, 0.2) is 0 Å². The van der Waals surface area contributed by atoms with Gasteiger partial charge in [-0.25, -0.2) is 0 Å². The van der Waals surface area contributed by atoms with Crippen LogP contribution in [-0.4, -0.2) is 42.4 Å². The van der Waals surface area contributed by atoms with Crippen molar-refractivity contribution in [2.24, 2.45) is 11.7 Å². The normalized spacial score (nSPS) is 29.6. The topological polar surface area (TPSA) is 75.4 Å². The van der Waals surface area contributed by atoms with Gasteiger partial charge in [0.05, 0.1) is 0 Å². The molecule has 0 radical (unpaired) electrons. The van der Waals surface area contributed by atoms with Gasteiger partial charge in [0.25, 0.3) is 0 Å². The van der Waals surface area contributed by atoms with Crippen molar-refractivity contribution in [2.75, 3.05) is 19.6 Å². The molecule has 0 aromatic rings. The summed E-state index contributed by atoms with van der Waals surface area (Å²) >= 11 is 0. The monoisotopic (exact) mass is 225 g/mol. The van der Waals surface area contributed by atoms with Gasteiger partial charge < -0.3 is 16.0 Å². The van der Waals surface area contributed by atoms with E-state index in [0.29, 0.717) is 18.9 Å². The minimum absolute atomic E-state index is 0.0926. The second-order valence-electron chi connectivity index (χ2n) is 4.71. The van der Waals surface area contributed by atoms with Gasteiger partial charge in [-0.1, -0.05) is 0 Å². The molecule has 0 bridgehead atoms. The minimum Gasteiger partial charge on any atom is -0.368 e. The zero-order chi connectivity index (χ0) is 11.5. The quantitative estimate of drug-likeness (QED) is 0.677. The number of nitrogens with two attached hydrogens (primary N) is 1. The van der Waals surface area contributed by atoms with Crippen LogP contribution in [0.3, 0.4) is 0 Å². The molecule has 2 rings (SSSR count). The van der Waals surface area contributed by atoms with Gasteiger partial charge in [0.1, 0.15) is 6.04 Å². The van der Waals surface area contributed by atoms with E-state index in [0.717, 1.165) is 32.4 Å². The van der Waals surface area contributed by atoms with Gasteiger partial charge in [0, 0.05) is 13.0 Å². The van der Waals surface area contributed by atoms with Crippen molar-refractivity contribution in [3.05, 3.63) is 0 Å². The fraction of sp³-hybridized carbons (Fsp3) is 0.818. The molecule has 0 aromatic carbocycles. The average Bonchev–Trinajstić information content (AvgIpc) is 2.86. The Hall–Kier alpha value is -1.10. The molecule has 5 nitrogen and oxygen atoms in total. The van der Waals surface area contributed by atoms with Crippen LogP contribution in [0.5, 0.6) is 0 Å². The summed E-state index contributed by atoms with van der Waals surface area (Å²) in [5.74, 6) is 0.159. The Morgan fingerprint density at radius 2 is 2.19 bits per heavy atom. The highest BCUT2D eigenvalue weighted by Crippen LogP contribution is 2.21. The number of amides is 2. The molecule has 5 heteroatoms. The Kier molecular flexibility index (Phi) is 3.43. The van der Waals surface area contributed by atoms with Crippen LogP contribution >= 0.6 is 0 Å². The summed E-state index contributed by atoms with van der Waals surface area (Å²) < 4.78 is 0. The van der Waals surface area contributed by atoms with Crippen molar-refractivity contribution in [3.63, 3.8) is 0 Å². The van der Waals surface area contributed by atoms with E-state index >= 15 is 0 Å². The summed E-state index contributed by atoms with van der Waals surface area (Å²) in [5, 5.41) is 3.24. The first-order valence-corrected chi connectivity index (χ1v) is 5.98. The van der Waals surface area contributed by atoms with Crippen LogP contribution in [0.25, 0.3) is 0 Å². The van der Waals surface area contributed by atoms with Crippen molar-refractivity contribution < 1.29 is 9.59 Å². The molecule has 0 aromatic heterocycles. The zero-order valence-corrected chi connectivity index (χ0v) is 9.45. The van der Waals surface area contributed by atoms with Crippen LogP contribution in [0.15, 0.2) is 0 Å². The van der Waals surface area contributed by atoms with Crippen LogP contribution in [0, 0.1) is 5.92 Å². The molecule has 3 N–H and O–H groups in total. The van der Waals surface area contributed by atoms with E-state index in [1.165, 1.54) is 0 Å². The Labute approximate surface area is 95.3 Å². The van der Waals surface area contributed by atoms with E-state index in [4.69, 9.17) is 5.73 Å². The van der Waals surface area contributed by atoms with E-state index in [-0.39, 0.29) is 17.9 Å². The van der Waals surface area contributed by atoms with Crippen LogP contribution in [0.1, 0.15) is 25.7 Å². The lowest BCUT2D eigenvalue weighted by molar-refractivity contribution is -0.137. The molecule has 2 heterocycles. The average molecular weight is 225 g/mol. The van der Waals surface area contributed by atoms with Gasteiger partial charge in [-0.3, -0.25) is 9.59 Å². The number of primary amides is 1. The molecule has 90 valence electrons. The van der Waals surface area contributed by atoms with Crippen molar-refractivity contribution in [1.29, 1.82) is 0 Å². The summed E-state index contributed by atoms with van der Waals surface area (Å²) in [6.45, 7) is 2.60. The number of likely N-dealkylation sites (tertiary alicyclic amines) is 1. The van der Waals surface area contributed by atoms with E-state index in [1.807, 2.05) is 0 Å². The van der Waals surface area contributed by atoms with E-state index in [9.17, 15) is 9.59 Å². The SMILES string of the molecule is NC(=O)C1CCCN1C(=O)CC1CCNC1. The number of rotatable bonds is 3. The molecule has 0 spiro atoms. The molecule has 0 saturated carbocycles. The summed E-state index contributed by atoms with van der Waals surface area (Å²) in [4.78, 5) is 24.8. The fourth-order valence-corrected chi connectivity index (χ4v) is 2.61. The minimum atomic E-state index is -0.365. The van der Waals surface area contributed by atoms with Crippen molar-refractivity contribution in [3.8, 4) is 0 Å². The van der Waals surface area contributed by atoms with Crippen LogP contribution in [0.4, 0.5) is 0 Å². The van der Waals surface area contributed by atoms with E-state index in [1.54, 1.807) is 4.90 Å². The lowest BCUT2D eigenvalue weighted by Crippen LogP contribution is -2.44. The molecule has 2 aliphatic heterocycles. The molecule has 2 amide bonds. The van der Waals surface area contributed by atoms with E-state index in [2.05, 4.69) is 5.32 Å². The second kappa shape index (κ2) is 4.82. The summed E-state index contributed by atoms with van der Waals surface area (Å²) in [6.07, 6.45) is 3.23. The summed E-state index contributed by atoms with van der Waals surface area (Å²) in [6, 6.07) is -0.359. The number of carbonyl (C=O) groups is 2. The van der Waals surface area contributed by atoms with Crippen LogP contribution in [-0.2, 0) is 9.59 Å². The number of nitrogens with zero attached hydrogens (tertiary/aromatic N) is 1. The first kappa shape index (κ1) is 11.4. The van der Waals surface area contributed by atoms with Crippen LogP contribution < -0.4 is 11.1 Å². The Morgan fingerprint density at radius 1 is 1.38 bits per heavy atom. The predicted molar refractivity (Wildman–Crippen MR) is 59.5 cm³/mol. The van der Waals surface area contributed by atoms with Gasteiger partial charge in [-0.05, 0) is 38.3 Å². The summed E-state index contributed by atoms with van der Waals surface area (Å²) in [7, 11) is 0. The van der Waals surface area contributed by atoms with Crippen LogP contribution in [0.2, 0.25) is 0 Å². The number of nitrogens with one attached hydrogen (secondary N) is 1. The zero-order valence-electron chi connectivity index (χ0n) is 9.45. The van der Waals surface area contributed by atoms with Gasteiger partial charge in [-0.15, -0.1) is 0 Å². The predicted octanol–water partition coefficient (Wildman–Crippen LogP) is -0.538. The van der Waals surface area contributed by atoms with E-state index < -0.39 is 0 Å². The number of hydrogen-bond acceptors (Lipinski definition) is 3. The highest BCUT2D eigenvalue weighted by atomic mass is 16.2. The fourth-order valence-electron chi connectivity index (χ4n) is 2.61. The third-order valence-electron chi connectivity index (χ3n) is 3.53. The molecule has 0 aliphatic carbocycles. The molecular formula is C11H19N3O2. The first-order chi connectivity index (χ1) is 7.68. The van der Waals surface area contributed by atoms with Gasteiger partial charge in [0.2, 0.25) is 11.8 Å². The number of hydrogen-bond donors (Lipinski definition) is 2. The van der Waals surface area contributed by atoms with Crippen molar-refractivity contribution >= 4 is 11.8 Å². The smallest absolute Gasteiger partial charge is 0.240 e. The Morgan fingerprint density at radius 3 is 2.81 bits per heavy atom. The Balaban J connectivity index is 1.90. The second-order valence-corrected chi connectivity index (χ2v) is 4.71. The van der Waals surface area contributed by atoms with Crippen molar-refractivity contribution in [1.82, 2.24) is 10.2 Å². The van der Waals surface area contributed by atoms with Gasteiger partial charge in [-0.2, -0.15) is 0 Å². The molecular weight excluding hydrogens is 206 g/mol. The maximum atomic E-state index is 12.0. The Bertz CT molecular complexity index is 287. The third kappa shape index (κ3) is 2.35. The molecule has 2 fully saturated rings. The molecule has 2 aliphatic rings. The molecule has 2 unspecified atom stereocenters. The maximum absolute atomic E-state index is 12.0. The highest BCUT2D eigenvalue weighted by molar-refractivity contribution is 5.87. The lowest BCUT2D eigenvalue weighted by Gasteiger charge is -2.23.